The van der Waals surface area contributed by atoms with Gasteiger partial charge in [-0.1, -0.05) is 18.2 Å². The molecule has 0 saturated carbocycles. The molecule has 1 aliphatic rings. The van der Waals surface area contributed by atoms with Gasteiger partial charge in [0, 0.05) is 17.2 Å². The van der Waals surface area contributed by atoms with Crippen molar-refractivity contribution in [3.8, 4) is 0 Å². The van der Waals surface area contributed by atoms with Crippen molar-refractivity contribution >= 4 is 41.1 Å². The van der Waals surface area contributed by atoms with Gasteiger partial charge < -0.3 is 10.2 Å². The van der Waals surface area contributed by atoms with Gasteiger partial charge in [0.15, 0.2) is 0 Å². The number of nitrogens with one attached hydrogen (secondary N) is 3. The molecule has 9 heteroatoms. The van der Waals surface area contributed by atoms with Gasteiger partial charge in [0.25, 0.3) is 5.91 Å². The van der Waals surface area contributed by atoms with E-state index >= 15 is 0 Å². The summed E-state index contributed by atoms with van der Waals surface area (Å²) in [4.78, 5) is 38.2. The van der Waals surface area contributed by atoms with Crippen LogP contribution < -0.4 is 10.6 Å². The molecule has 3 N–H and O–H groups in total. The smallest absolute Gasteiger partial charge is 0.314 e. The number of fused-ring (bicyclic) bond motifs is 1. The van der Waals surface area contributed by atoms with Crippen molar-refractivity contribution < 1.29 is 14.4 Å². The fourth-order valence-corrected chi connectivity index (χ4v) is 3.55. The first-order chi connectivity index (χ1) is 14.1. The number of H-pyrrole nitrogens is 1. The van der Waals surface area contributed by atoms with Crippen LogP contribution in [0.4, 0.5) is 10.6 Å². The molecule has 146 valence electrons. The van der Waals surface area contributed by atoms with Crippen LogP contribution in [0, 0.1) is 0 Å². The van der Waals surface area contributed by atoms with Gasteiger partial charge >= 0.3 is 6.03 Å². The van der Waals surface area contributed by atoms with Gasteiger partial charge in [-0.05, 0) is 40.6 Å². The summed E-state index contributed by atoms with van der Waals surface area (Å²) in [6.07, 6.45) is 3.16. The number of hydrogen-bond acceptors (Lipinski definition) is 5. The Morgan fingerprint density at radius 1 is 1.14 bits per heavy atom. The Balaban J connectivity index is 1.36. The van der Waals surface area contributed by atoms with Crippen LogP contribution in [0.25, 0.3) is 6.08 Å². The topological polar surface area (TPSA) is 107 Å². The van der Waals surface area contributed by atoms with Crippen LogP contribution in [-0.2, 0) is 17.9 Å². The van der Waals surface area contributed by atoms with Gasteiger partial charge in [-0.25, -0.2) is 4.79 Å². The van der Waals surface area contributed by atoms with E-state index in [2.05, 4.69) is 20.8 Å². The number of amides is 4. The lowest BCUT2D eigenvalue weighted by Gasteiger charge is -2.16. The van der Waals surface area contributed by atoms with E-state index in [9.17, 15) is 14.4 Å². The van der Waals surface area contributed by atoms with E-state index < -0.39 is 11.9 Å². The molecule has 0 fully saturated rings. The third-order valence-electron chi connectivity index (χ3n) is 4.40. The summed E-state index contributed by atoms with van der Waals surface area (Å²) in [5, 5.41) is 15.9. The first kappa shape index (κ1) is 18.6. The molecule has 1 aliphatic heterocycles. The Morgan fingerprint density at radius 3 is 2.72 bits per heavy atom. The van der Waals surface area contributed by atoms with Crippen molar-refractivity contribution in [2.24, 2.45) is 0 Å². The van der Waals surface area contributed by atoms with Crippen molar-refractivity contribution in [2.45, 2.75) is 13.1 Å². The molecule has 3 aromatic rings. The highest BCUT2D eigenvalue weighted by atomic mass is 32.1. The van der Waals surface area contributed by atoms with Crippen LogP contribution in [0.3, 0.4) is 0 Å². The molecule has 29 heavy (non-hydrogen) atoms. The second kappa shape index (κ2) is 8.11. The molecule has 0 aliphatic carbocycles. The normalized spacial score (nSPS) is 12.8. The Hall–Kier alpha value is -3.72. The molecule has 0 bridgehead atoms. The number of aromatic amines is 1. The summed E-state index contributed by atoms with van der Waals surface area (Å²) in [5.74, 6) is -0.316. The summed E-state index contributed by atoms with van der Waals surface area (Å²) in [7, 11) is 0. The molecule has 1 aromatic carbocycles. The van der Waals surface area contributed by atoms with Gasteiger partial charge in [-0.15, -0.1) is 0 Å². The summed E-state index contributed by atoms with van der Waals surface area (Å²) in [6, 6.07) is 9.92. The minimum Gasteiger partial charge on any atom is -0.314 e. The molecule has 0 radical (unpaired) electrons. The molecule has 3 heterocycles. The summed E-state index contributed by atoms with van der Waals surface area (Å²) < 4.78 is 0. The summed E-state index contributed by atoms with van der Waals surface area (Å²) in [6.45, 7) is 0.490. The fourth-order valence-electron chi connectivity index (χ4n) is 2.92. The van der Waals surface area contributed by atoms with E-state index in [0.29, 0.717) is 17.1 Å². The molecular weight excluding hydrogens is 390 g/mol. The molecule has 8 nitrogen and oxygen atoms in total. The quantitative estimate of drug-likeness (QED) is 0.578. The van der Waals surface area contributed by atoms with Crippen molar-refractivity contribution in [2.75, 3.05) is 5.32 Å². The van der Waals surface area contributed by atoms with E-state index in [1.807, 2.05) is 16.8 Å². The van der Waals surface area contributed by atoms with Crippen molar-refractivity contribution in [3.05, 3.63) is 75.6 Å². The summed E-state index contributed by atoms with van der Waals surface area (Å²) in [5.41, 5.74) is 2.74. The predicted octanol–water partition coefficient (Wildman–Crippen LogP) is 2.99. The van der Waals surface area contributed by atoms with Crippen molar-refractivity contribution in [3.63, 3.8) is 0 Å². The molecule has 4 rings (SSSR count). The monoisotopic (exact) mass is 407 g/mol. The number of carbonyl (C=O) groups excluding carboxylic acids is 3. The van der Waals surface area contributed by atoms with E-state index in [0.717, 1.165) is 11.1 Å². The Bertz CT molecular complexity index is 1070. The third kappa shape index (κ3) is 4.25. The summed E-state index contributed by atoms with van der Waals surface area (Å²) >= 11 is 1.55. The maximum Gasteiger partial charge on any atom is 0.324 e. The number of hydrogen-bond donors (Lipinski definition) is 3. The second-order valence-electron chi connectivity index (χ2n) is 6.38. The van der Waals surface area contributed by atoms with Gasteiger partial charge in [0.05, 0.1) is 18.8 Å². The molecule has 0 saturated heterocycles. The predicted molar refractivity (Wildman–Crippen MR) is 109 cm³/mol. The Labute approximate surface area is 170 Å². The standard InChI is InChI=1S/C20H17N5O3S/c26-17(7-6-13-8-9-29-12-13)21-18-15-10-25(11-16(15)23-24-18)20(28)22-19(27)14-4-2-1-3-5-14/h1-9,12H,10-11H2,(H,22,27,28)(H2,21,23,24,26)/b7-6+. The number of benzene rings is 1. The number of aromatic nitrogens is 2. The number of nitrogens with zero attached hydrogens (tertiary/aromatic N) is 2. The van der Waals surface area contributed by atoms with Gasteiger partial charge in [0.1, 0.15) is 5.82 Å². The minimum atomic E-state index is -0.508. The second-order valence-corrected chi connectivity index (χ2v) is 7.16. The zero-order valence-electron chi connectivity index (χ0n) is 15.2. The van der Waals surface area contributed by atoms with E-state index in [1.54, 1.807) is 47.7 Å². The highest BCUT2D eigenvalue weighted by Crippen LogP contribution is 2.27. The first-order valence-corrected chi connectivity index (χ1v) is 9.77. The van der Waals surface area contributed by atoms with Crippen LogP contribution in [-0.4, -0.2) is 32.9 Å². The van der Waals surface area contributed by atoms with Gasteiger partial charge in [-0.3, -0.25) is 20.0 Å². The van der Waals surface area contributed by atoms with E-state index in [1.165, 1.54) is 11.0 Å². The van der Waals surface area contributed by atoms with Crippen LogP contribution in [0.5, 0.6) is 0 Å². The zero-order chi connectivity index (χ0) is 20.2. The fraction of sp³-hybridized carbons (Fsp3) is 0.100. The lowest BCUT2D eigenvalue weighted by molar-refractivity contribution is -0.111. The third-order valence-corrected chi connectivity index (χ3v) is 5.11. The molecule has 0 unspecified atom stereocenters. The molecule has 0 atom stereocenters. The Kier molecular flexibility index (Phi) is 5.21. The maximum atomic E-state index is 12.4. The van der Waals surface area contributed by atoms with Crippen molar-refractivity contribution in [1.29, 1.82) is 0 Å². The number of imide groups is 1. The lowest BCUT2D eigenvalue weighted by atomic mass is 10.2. The van der Waals surface area contributed by atoms with Crippen LogP contribution in [0.15, 0.2) is 53.2 Å². The van der Waals surface area contributed by atoms with Crippen LogP contribution in [0.2, 0.25) is 0 Å². The van der Waals surface area contributed by atoms with Gasteiger partial charge in [0.2, 0.25) is 5.91 Å². The average molecular weight is 407 g/mol. The van der Waals surface area contributed by atoms with Gasteiger partial charge in [-0.2, -0.15) is 16.4 Å². The Morgan fingerprint density at radius 2 is 1.97 bits per heavy atom. The van der Waals surface area contributed by atoms with E-state index in [-0.39, 0.29) is 19.0 Å². The van der Waals surface area contributed by atoms with Crippen LogP contribution >= 0.6 is 11.3 Å². The van der Waals surface area contributed by atoms with E-state index in [4.69, 9.17) is 0 Å². The first-order valence-electron chi connectivity index (χ1n) is 8.83. The lowest BCUT2D eigenvalue weighted by Crippen LogP contribution is -2.40. The maximum absolute atomic E-state index is 12.4. The molecule has 4 amide bonds. The number of carbonyl (C=O) groups is 3. The molecule has 0 spiro atoms. The largest absolute Gasteiger partial charge is 0.324 e. The number of thiophene rings is 1. The average Bonchev–Trinajstić information content (AvgIpc) is 3.46. The number of urea groups is 1. The number of rotatable bonds is 4. The minimum absolute atomic E-state index is 0.240. The highest BCUT2D eigenvalue weighted by molar-refractivity contribution is 7.08. The zero-order valence-corrected chi connectivity index (χ0v) is 16.0. The highest BCUT2D eigenvalue weighted by Gasteiger charge is 2.29. The van der Waals surface area contributed by atoms with Crippen LogP contribution in [0.1, 0.15) is 27.2 Å². The number of anilines is 1. The molecule has 2 aromatic heterocycles. The molecular formula is C20H17N5O3S. The van der Waals surface area contributed by atoms with Crippen molar-refractivity contribution in [1.82, 2.24) is 20.4 Å². The SMILES string of the molecule is O=C(/C=C/c1ccsc1)Nc1[nH]nc2c1CN(C(=O)NC(=O)c1ccccc1)C2.